The zero-order valence-electron chi connectivity index (χ0n) is 11.5. The normalized spacial score (nSPS) is 11.1. The van der Waals surface area contributed by atoms with Crippen molar-refractivity contribution in [2.45, 2.75) is 6.42 Å². The SMILES string of the molecule is Oc1ccc(Cc2cnc3ccc(-c4nccs4)nn23)cc1. The molecule has 0 spiro atoms. The molecule has 0 radical (unpaired) electrons. The molecule has 0 amide bonds. The Morgan fingerprint density at radius 1 is 1.05 bits per heavy atom. The summed E-state index contributed by atoms with van der Waals surface area (Å²) in [5.74, 6) is 0.270. The van der Waals surface area contributed by atoms with Crippen LogP contribution in [0.3, 0.4) is 0 Å². The Kier molecular flexibility index (Phi) is 3.08. The molecule has 4 aromatic rings. The Morgan fingerprint density at radius 2 is 1.91 bits per heavy atom. The van der Waals surface area contributed by atoms with Gasteiger partial charge in [-0.05, 0) is 29.8 Å². The van der Waals surface area contributed by atoms with Crippen LogP contribution in [-0.4, -0.2) is 24.7 Å². The second-order valence-electron chi connectivity index (χ2n) is 4.92. The molecule has 0 bridgehead atoms. The second-order valence-corrected chi connectivity index (χ2v) is 5.81. The van der Waals surface area contributed by atoms with E-state index in [4.69, 9.17) is 0 Å². The number of phenols is 1. The lowest BCUT2D eigenvalue weighted by Crippen LogP contribution is -2.00. The van der Waals surface area contributed by atoms with Crippen molar-refractivity contribution in [2.24, 2.45) is 0 Å². The molecule has 108 valence electrons. The fraction of sp³-hybridized carbons (Fsp3) is 0.0625. The van der Waals surface area contributed by atoms with Crippen molar-refractivity contribution in [1.29, 1.82) is 0 Å². The van der Waals surface area contributed by atoms with Crippen LogP contribution in [-0.2, 0) is 6.42 Å². The minimum Gasteiger partial charge on any atom is -0.508 e. The summed E-state index contributed by atoms with van der Waals surface area (Å²) in [6.07, 6.45) is 4.31. The highest BCUT2D eigenvalue weighted by molar-refractivity contribution is 7.13. The van der Waals surface area contributed by atoms with Gasteiger partial charge in [0.1, 0.15) is 16.5 Å². The van der Waals surface area contributed by atoms with Gasteiger partial charge >= 0.3 is 0 Å². The van der Waals surface area contributed by atoms with E-state index in [0.29, 0.717) is 6.42 Å². The van der Waals surface area contributed by atoms with Gasteiger partial charge in [0.2, 0.25) is 0 Å². The maximum absolute atomic E-state index is 9.36. The molecule has 0 fully saturated rings. The van der Waals surface area contributed by atoms with E-state index in [9.17, 15) is 5.11 Å². The van der Waals surface area contributed by atoms with Crippen LogP contribution in [0.2, 0.25) is 0 Å². The fourth-order valence-corrected chi connectivity index (χ4v) is 2.93. The monoisotopic (exact) mass is 308 g/mol. The lowest BCUT2D eigenvalue weighted by Gasteiger charge is -2.03. The third-order valence-corrected chi connectivity index (χ3v) is 4.20. The van der Waals surface area contributed by atoms with Crippen LogP contribution in [0.1, 0.15) is 11.3 Å². The predicted molar refractivity (Wildman–Crippen MR) is 85.0 cm³/mol. The van der Waals surface area contributed by atoms with Crippen molar-refractivity contribution >= 4 is 17.0 Å². The molecule has 0 saturated carbocycles. The molecule has 22 heavy (non-hydrogen) atoms. The van der Waals surface area contributed by atoms with E-state index in [1.54, 1.807) is 29.7 Å². The topological polar surface area (TPSA) is 63.3 Å². The first kappa shape index (κ1) is 13.0. The molecule has 3 heterocycles. The van der Waals surface area contributed by atoms with Crippen molar-refractivity contribution in [3.63, 3.8) is 0 Å². The Balaban J connectivity index is 1.74. The van der Waals surface area contributed by atoms with Crippen molar-refractivity contribution in [2.75, 3.05) is 0 Å². The standard InChI is InChI=1S/C16H12N4OS/c21-13-3-1-11(2-4-13)9-12-10-18-15-6-5-14(19-20(12)15)16-17-7-8-22-16/h1-8,10,21H,9H2. The maximum Gasteiger partial charge on any atom is 0.153 e. The van der Waals surface area contributed by atoms with Crippen LogP contribution < -0.4 is 0 Å². The molecular weight excluding hydrogens is 296 g/mol. The van der Waals surface area contributed by atoms with Crippen molar-refractivity contribution < 1.29 is 5.11 Å². The Morgan fingerprint density at radius 3 is 2.68 bits per heavy atom. The molecule has 3 aromatic heterocycles. The average molecular weight is 308 g/mol. The number of nitrogens with zero attached hydrogens (tertiary/aromatic N) is 4. The van der Waals surface area contributed by atoms with Crippen molar-refractivity contribution in [1.82, 2.24) is 19.6 Å². The number of rotatable bonds is 3. The summed E-state index contributed by atoms with van der Waals surface area (Å²) in [4.78, 5) is 8.68. The Bertz CT molecular complexity index is 913. The molecule has 0 aliphatic rings. The number of benzene rings is 1. The molecule has 0 aliphatic heterocycles. The number of hydrogen-bond donors (Lipinski definition) is 1. The highest BCUT2D eigenvalue weighted by atomic mass is 32.1. The number of imidazole rings is 1. The first-order chi connectivity index (χ1) is 10.8. The number of fused-ring (bicyclic) bond motifs is 1. The minimum absolute atomic E-state index is 0.270. The van der Waals surface area contributed by atoms with Gasteiger partial charge in [-0.3, -0.25) is 0 Å². The quantitative estimate of drug-likeness (QED) is 0.631. The number of aromatic hydroxyl groups is 1. The van der Waals surface area contributed by atoms with Crippen LogP contribution in [0.4, 0.5) is 0 Å². The maximum atomic E-state index is 9.36. The lowest BCUT2D eigenvalue weighted by molar-refractivity contribution is 0.475. The van der Waals surface area contributed by atoms with Gasteiger partial charge in [0.05, 0.1) is 11.9 Å². The van der Waals surface area contributed by atoms with Gasteiger partial charge in [-0.1, -0.05) is 12.1 Å². The predicted octanol–water partition coefficient (Wildman–Crippen LogP) is 3.15. The lowest BCUT2D eigenvalue weighted by atomic mass is 10.1. The summed E-state index contributed by atoms with van der Waals surface area (Å²) in [7, 11) is 0. The highest BCUT2D eigenvalue weighted by Crippen LogP contribution is 2.21. The molecule has 0 atom stereocenters. The molecule has 0 saturated heterocycles. The first-order valence-electron chi connectivity index (χ1n) is 6.81. The molecule has 0 aliphatic carbocycles. The van der Waals surface area contributed by atoms with Gasteiger partial charge in [0.15, 0.2) is 5.65 Å². The van der Waals surface area contributed by atoms with Crippen molar-refractivity contribution in [3.8, 4) is 16.5 Å². The third-order valence-electron chi connectivity index (χ3n) is 3.41. The van der Waals surface area contributed by atoms with Crippen LogP contribution >= 0.6 is 11.3 Å². The van der Waals surface area contributed by atoms with E-state index >= 15 is 0 Å². The van der Waals surface area contributed by atoms with E-state index < -0.39 is 0 Å². The average Bonchev–Trinajstić information content (AvgIpc) is 3.19. The summed E-state index contributed by atoms with van der Waals surface area (Å²) < 4.78 is 1.85. The molecule has 5 nitrogen and oxygen atoms in total. The van der Waals surface area contributed by atoms with Crippen LogP contribution in [0.15, 0.2) is 54.2 Å². The second kappa shape index (κ2) is 5.23. The summed E-state index contributed by atoms with van der Waals surface area (Å²) in [6, 6.07) is 11.1. The van der Waals surface area contributed by atoms with E-state index in [1.165, 1.54) is 0 Å². The highest BCUT2D eigenvalue weighted by Gasteiger charge is 2.09. The zero-order valence-corrected chi connectivity index (χ0v) is 12.4. The van der Waals surface area contributed by atoms with Crippen molar-refractivity contribution in [3.05, 3.63) is 65.4 Å². The molecule has 4 rings (SSSR count). The van der Waals surface area contributed by atoms with Gasteiger partial charge in [0.25, 0.3) is 0 Å². The Hall–Kier alpha value is -2.73. The van der Waals surface area contributed by atoms with Gasteiger partial charge in [-0.15, -0.1) is 11.3 Å². The summed E-state index contributed by atoms with van der Waals surface area (Å²) in [5, 5.41) is 16.8. The van der Waals surface area contributed by atoms with Gasteiger partial charge in [-0.25, -0.2) is 14.5 Å². The fourth-order valence-electron chi connectivity index (χ4n) is 2.33. The molecule has 6 heteroatoms. The van der Waals surface area contributed by atoms with Crippen LogP contribution in [0, 0.1) is 0 Å². The molecule has 1 aromatic carbocycles. The van der Waals surface area contributed by atoms with Crippen LogP contribution in [0.5, 0.6) is 5.75 Å². The number of hydrogen-bond acceptors (Lipinski definition) is 5. The minimum atomic E-state index is 0.270. The van der Waals surface area contributed by atoms with Crippen LogP contribution in [0.25, 0.3) is 16.3 Å². The van der Waals surface area contributed by atoms with E-state index in [2.05, 4.69) is 15.1 Å². The number of aromatic nitrogens is 4. The Labute approximate surface area is 130 Å². The summed E-state index contributed by atoms with van der Waals surface area (Å²) in [5.41, 5.74) is 3.75. The molecule has 0 unspecified atom stereocenters. The smallest absolute Gasteiger partial charge is 0.153 e. The summed E-state index contributed by atoms with van der Waals surface area (Å²) >= 11 is 1.56. The van der Waals surface area contributed by atoms with E-state index in [0.717, 1.165) is 27.6 Å². The van der Waals surface area contributed by atoms with E-state index in [-0.39, 0.29) is 5.75 Å². The third kappa shape index (κ3) is 2.33. The van der Waals surface area contributed by atoms with Gasteiger partial charge < -0.3 is 5.11 Å². The van der Waals surface area contributed by atoms with Gasteiger partial charge in [-0.2, -0.15) is 5.10 Å². The number of thiazole rings is 1. The van der Waals surface area contributed by atoms with Gasteiger partial charge in [0, 0.05) is 18.0 Å². The summed E-state index contributed by atoms with van der Waals surface area (Å²) in [6.45, 7) is 0. The molecular formula is C16H12N4OS. The van der Waals surface area contributed by atoms with E-state index in [1.807, 2.05) is 40.4 Å². The number of phenolic OH excluding ortho intramolecular Hbond substituents is 1. The molecule has 1 N–H and O–H groups in total. The largest absolute Gasteiger partial charge is 0.508 e. The zero-order chi connectivity index (χ0) is 14.9. The first-order valence-corrected chi connectivity index (χ1v) is 7.69.